The Bertz CT molecular complexity index is 549. The first-order valence-electron chi connectivity index (χ1n) is 6.92. The SMILES string of the molecule is Clc1cccc(NCC2CCCNC2)c1-n1cncn1. The van der Waals surface area contributed by atoms with Crippen molar-refractivity contribution in [1.29, 1.82) is 0 Å². The van der Waals surface area contributed by atoms with Crippen LogP contribution in [0.1, 0.15) is 12.8 Å². The van der Waals surface area contributed by atoms with Crippen LogP contribution in [0.15, 0.2) is 30.9 Å². The van der Waals surface area contributed by atoms with Gasteiger partial charge in [-0.3, -0.25) is 0 Å². The predicted molar refractivity (Wildman–Crippen MR) is 80.5 cm³/mol. The fourth-order valence-electron chi connectivity index (χ4n) is 2.57. The van der Waals surface area contributed by atoms with Crippen molar-refractivity contribution in [2.75, 3.05) is 25.0 Å². The van der Waals surface area contributed by atoms with Gasteiger partial charge in [0.1, 0.15) is 18.3 Å². The minimum absolute atomic E-state index is 0.659. The number of benzene rings is 1. The van der Waals surface area contributed by atoms with Crippen LogP contribution in [0, 0.1) is 5.92 Å². The largest absolute Gasteiger partial charge is 0.383 e. The molecule has 0 bridgehead atoms. The van der Waals surface area contributed by atoms with E-state index in [2.05, 4.69) is 20.7 Å². The van der Waals surface area contributed by atoms with Crippen LogP contribution in [0.2, 0.25) is 5.02 Å². The molecule has 6 heteroatoms. The van der Waals surface area contributed by atoms with E-state index in [1.807, 2.05) is 18.2 Å². The highest BCUT2D eigenvalue weighted by Crippen LogP contribution is 2.28. The number of para-hydroxylation sites is 1. The van der Waals surface area contributed by atoms with Crippen LogP contribution in [0.5, 0.6) is 0 Å². The van der Waals surface area contributed by atoms with E-state index in [-0.39, 0.29) is 0 Å². The van der Waals surface area contributed by atoms with Gasteiger partial charge in [-0.2, -0.15) is 5.10 Å². The molecule has 0 saturated carbocycles. The minimum Gasteiger partial charge on any atom is -0.383 e. The van der Waals surface area contributed by atoms with E-state index in [9.17, 15) is 0 Å². The van der Waals surface area contributed by atoms with Gasteiger partial charge in [0.15, 0.2) is 0 Å². The van der Waals surface area contributed by atoms with Crippen LogP contribution in [0.3, 0.4) is 0 Å². The zero-order valence-corrected chi connectivity index (χ0v) is 12.0. The molecule has 20 heavy (non-hydrogen) atoms. The standard InChI is InChI=1S/C14H18ClN5/c15-12-4-1-5-13(14(12)20-10-17-9-19-20)18-8-11-3-2-6-16-7-11/h1,4-5,9-11,16,18H,2-3,6-8H2. The molecule has 0 aliphatic carbocycles. The Kier molecular flexibility index (Phi) is 4.18. The summed E-state index contributed by atoms with van der Waals surface area (Å²) in [6, 6.07) is 5.84. The second-order valence-corrected chi connectivity index (χ2v) is 5.48. The maximum atomic E-state index is 6.30. The van der Waals surface area contributed by atoms with E-state index >= 15 is 0 Å². The number of hydrogen-bond acceptors (Lipinski definition) is 4. The van der Waals surface area contributed by atoms with Crippen molar-refractivity contribution in [2.45, 2.75) is 12.8 Å². The number of aromatic nitrogens is 3. The molecule has 1 fully saturated rings. The molecule has 1 unspecified atom stereocenters. The smallest absolute Gasteiger partial charge is 0.138 e. The Hall–Kier alpha value is -1.59. The number of halogens is 1. The summed E-state index contributed by atoms with van der Waals surface area (Å²) >= 11 is 6.30. The third kappa shape index (κ3) is 2.94. The summed E-state index contributed by atoms with van der Waals surface area (Å²) in [5, 5.41) is 11.8. The lowest BCUT2D eigenvalue weighted by molar-refractivity contribution is 0.393. The van der Waals surface area contributed by atoms with Crippen molar-refractivity contribution >= 4 is 17.3 Å². The second kappa shape index (κ2) is 6.24. The molecule has 1 aromatic carbocycles. The highest BCUT2D eigenvalue weighted by molar-refractivity contribution is 6.33. The summed E-state index contributed by atoms with van der Waals surface area (Å²) in [5.41, 5.74) is 1.85. The summed E-state index contributed by atoms with van der Waals surface area (Å²) in [6.07, 6.45) is 5.68. The minimum atomic E-state index is 0.659. The van der Waals surface area contributed by atoms with Gasteiger partial charge in [-0.05, 0) is 44.0 Å². The van der Waals surface area contributed by atoms with Gasteiger partial charge in [0, 0.05) is 6.54 Å². The average Bonchev–Trinajstić information content (AvgIpc) is 3.00. The topological polar surface area (TPSA) is 54.8 Å². The fraction of sp³-hybridized carbons (Fsp3) is 0.429. The van der Waals surface area contributed by atoms with Crippen molar-refractivity contribution in [2.24, 2.45) is 5.92 Å². The zero-order valence-electron chi connectivity index (χ0n) is 11.2. The Balaban J connectivity index is 1.77. The van der Waals surface area contributed by atoms with Crippen LogP contribution in [0.25, 0.3) is 5.69 Å². The van der Waals surface area contributed by atoms with E-state index < -0.39 is 0 Å². The maximum Gasteiger partial charge on any atom is 0.138 e. The van der Waals surface area contributed by atoms with E-state index in [0.717, 1.165) is 31.0 Å². The van der Waals surface area contributed by atoms with Gasteiger partial charge >= 0.3 is 0 Å². The number of rotatable bonds is 4. The summed E-state index contributed by atoms with van der Waals surface area (Å²) in [5.74, 6) is 0.659. The van der Waals surface area contributed by atoms with Crippen LogP contribution >= 0.6 is 11.6 Å². The second-order valence-electron chi connectivity index (χ2n) is 5.07. The molecule has 1 aliphatic rings. The summed E-state index contributed by atoms with van der Waals surface area (Å²) in [4.78, 5) is 3.99. The molecule has 2 aromatic rings. The molecule has 1 atom stereocenters. The molecule has 2 N–H and O–H groups in total. The predicted octanol–water partition coefficient (Wildman–Crippen LogP) is 2.33. The normalized spacial score (nSPS) is 18.9. The lowest BCUT2D eigenvalue weighted by atomic mass is 9.99. The van der Waals surface area contributed by atoms with Crippen LogP contribution in [-0.2, 0) is 0 Å². The molecule has 5 nitrogen and oxygen atoms in total. The van der Waals surface area contributed by atoms with E-state index in [1.54, 1.807) is 11.0 Å². The number of nitrogens with zero attached hydrogens (tertiary/aromatic N) is 3. The highest BCUT2D eigenvalue weighted by atomic mass is 35.5. The molecule has 0 amide bonds. The first kappa shape index (κ1) is 13.4. The third-order valence-corrected chi connectivity index (χ3v) is 3.92. The van der Waals surface area contributed by atoms with Gasteiger partial charge < -0.3 is 10.6 Å². The van der Waals surface area contributed by atoms with E-state index in [0.29, 0.717) is 10.9 Å². The Morgan fingerprint density at radius 2 is 2.40 bits per heavy atom. The Labute approximate surface area is 123 Å². The molecule has 1 aromatic heterocycles. The van der Waals surface area contributed by atoms with Crippen molar-refractivity contribution < 1.29 is 0 Å². The Morgan fingerprint density at radius 3 is 3.15 bits per heavy atom. The molecule has 2 heterocycles. The van der Waals surface area contributed by atoms with Gasteiger partial charge in [0.05, 0.1) is 10.7 Å². The quantitative estimate of drug-likeness (QED) is 0.908. The van der Waals surface area contributed by atoms with Gasteiger partial charge in [-0.15, -0.1) is 0 Å². The third-order valence-electron chi connectivity index (χ3n) is 3.61. The van der Waals surface area contributed by atoms with Gasteiger partial charge in [-0.25, -0.2) is 9.67 Å². The van der Waals surface area contributed by atoms with Gasteiger partial charge in [0.2, 0.25) is 0 Å². The number of nitrogens with one attached hydrogen (secondary N) is 2. The van der Waals surface area contributed by atoms with Gasteiger partial charge in [-0.1, -0.05) is 17.7 Å². The first-order chi connectivity index (χ1) is 9.84. The molecule has 3 rings (SSSR count). The summed E-state index contributed by atoms with van der Waals surface area (Å²) in [7, 11) is 0. The molecular weight excluding hydrogens is 274 g/mol. The summed E-state index contributed by atoms with van der Waals surface area (Å²) < 4.78 is 1.70. The number of hydrogen-bond donors (Lipinski definition) is 2. The molecule has 1 saturated heterocycles. The van der Waals surface area contributed by atoms with Crippen molar-refractivity contribution in [3.63, 3.8) is 0 Å². The Morgan fingerprint density at radius 1 is 1.45 bits per heavy atom. The molecule has 0 spiro atoms. The maximum absolute atomic E-state index is 6.30. The van der Waals surface area contributed by atoms with Crippen LogP contribution in [-0.4, -0.2) is 34.4 Å². The van der Waals surface area contributed by atoms with Crippen molar-refractivity contribution in [1.82, 2.24) is 20.1 Å². The lowest BCUT2D eigenvalue weighted by Crippen LogP contribution is -2.33. The van der Waals surface area contributed by atoms with Crippen molar-refractivity contribution in [3.8, 4) is 5.69 Å². The monoisotopic (exact) mass is 291 g/mol. The average molecular weight is 292 g/mol. The number of piperidine rings is 1. The zero-order chi connectivity index (χ0) is 13.8. The fourth-order valence-corrected chi connectivity index (χ4v) is 2.83. The first-order valence-corrected chi connectivity index (χ1v) is 7.30. The molecule has 0 radical (unpaired) electrons. The molecule has 106 valence electrons. The van der Waals surface area contributed by atoms with Crippen LogP contribution in [0.4, 0.5) is 5.69 Å². The van der Waals surface area contributed by atoms with Gasteiger partial charge in [0.25, 0.3) is 0 Å². The van der Waals surface area contributed by atoms with E-state index in [4.69, 9.17) is 11.6 Å². The highest BCUT2D eigenvalue weighted by Gasteiger charge is 2.15. The number of anilines is 1. The molecular formula is C14H18ClN5. The molecule has 1 aliphatic heterocycles. The lowest BCUT2D eigenvalue weighted by Gasteiger charge is -2.24. The van der Waals surface area contributed by atoms with Crippen molar-refractivity contribution in [3.05, 3.63) is 35.9 Å². The van der Waals surface area contributed by atoms with Crippen LogP contribution < -0.4 is 10.6 Å². The summed E-state index contributed by atoms with van der Waals surface area (Å²) in [6.45, 7) is 3.15. The van der Waals surface area contributed by atoms with E-state index in [1.165, 1.54) is 19.2 Å².